The molecule has 3 aliphatic rings. The third kappa shape index (κ3) is 5.49. The van der Waals surface area contributed by atoms with Crippen LogP contribution in [0.25, 0.3) is 28.2 Å². The van der Waals surface area contributed by atoms with Crippen molar-refractivity contribution in [3.8, 4) is 22.6 Å². The van der Waals surface area contributed by atoms with Gasteiger partial charge in [-0.3, -0.25) is 9.89 Å². The number of likely N-dealkylation sites (tertiary alicyclic amines) is 1. The fourth-order valence-corrected chi connectivity index (χ4v) is 5.50. The number of aromatic nitrogens is 4. The van der Waals surface area contributed by atoms with Crippen LogP contribution in [0, 0.1) is 0 Å². The lowest BCUT2D eigenvalue weighted by Crippen LogP contribution is -2.43. The topological polar surface area (TPSA) is 108 Å². The van der Waals surface area contributed by atoms with Gasteiger partial charge in [0.1, 0.15) is 11.4 Å². The summed E-state index contributed by atoms with van der Waals surface area (Å²) in [6.07, 6.45) is 12.1. The SMILES string of the molecule is CC(C)(C)OC(=O)N1CCC[C@H]1C1=NC=C(c2cnc(-c3ccc(-c4cnc([C@@H]5CCCN5)[nH]4)cc3)nc2)C1. The molecule has 0 spiro atoms. The summed E-state index contributed by atoms with van der Waals surface area (Å²) < 4.78 is 5.62. The molecular weight excluding hydrogens is 490 g/mol. The van der Waals surface area contributed by atoms with E-state index in [1.807, 2.05) is 62.6 Å². The van der Waals surface area contributed by atoms with Gasteiger partial charge in [0.2, 0.25) is 0 Å². The highest BCUT2D eigenvalue weighted by molar-refractivity contribution is 6.02. The summed E-state index contributed by atoms with van der Waals surface area (Å²) in [6, 6.07) is 8.53. The van der Waals surface area contributed by atoms with E-state index < -0.39 is 5.60 Å². The molecule has 1 amide bonds. The number of rotatable bonds is 5. The first kappa shape index (κ1) is 25.4. The van der Waals surface area contributed by atoms with Gasteiger partial charge in [-0.25, -0.2) is 19.7 Å². The molecular formula is C30H35N7O2. The highest BCUT2D eigenvalue weighted by Gasteiger charge is 2.36. The average molecular weight is 526 g/mol. The van der Waals surface area contributed by atoms with E-state index in [2.05, 4.69) is 42.4 Å². The van der Waals surface area contributed by atoms with Gasteiger partial charge in [0.15, 0.2) is 5.82 Å². The number of carbonyl (C=O) groups excluding carboxylic acids is 1. The van der Waals surface area contributed by atoms with E-state index in [0.717, 1.165) is 65.3 Å². The summed E-state index contributed by atoms with van der Waals surface area (Å²) >= 11 is 0. The number of amides is 1. The zero-order chi connectivity index (χ0) is 27.0. The van der Waals surface area contributed by atoms with Crippen molar-refractivity contribution in [3.05, 3.63) is 60.4 Å². The Morgan fingerprint density at radius 1 is 0.974 bits per heavy atom. The summed E-state index contributed by atoms with van der Waals surface area (Å²) in [7, 11) is 0. The van der Waals surface area contributed by atoms with Crippen LogP contribution >= 0.6 is 0 Å². The summed E-state index contributed by atoms with van der Waals surface area (Å²) in [4.78, 5) is 36.5. The molecule has 3 aliphatic heterocycles. The standard InChI is InChI=1S/C30H35N7O2/c1-30(2,3)39-29(38)37-13-5-7-26(37)24-14-21(15-32-24)22-16-33-27(34-17-22)20-10-8-19(9-11-20)25-18-35-28(36-25)23-6-4-12-31-23/h8-11,15-18,23,26,31H,4-7,12-14H2,1-3H3,(H,35,36)/t23-,26-/m0/s1. The molecule has 2 saturated heterocycles. The van der Waals surface area contributed by atoms with E-state index in [4.69, 9.17) is 4.74 Å². The van der Waals surface area contributed by atoms with Crippen molar-refractivity contribution < 1.29 is 9.53 Å². The number of imidazole rings is 1. The number of aliphatic imine (C=N–C) groups is 1. The molecule has 202 valence electrons. The molecule has 0 aliphatic carbocycles. The average Bonchev–Trinajstić information content (AvgIpc) is 3.74. The Morgan fingerprint density at radius 3 is 2.46 bits per heavy atom. The number of allylic oxidation sites excluding steroid dienone is 1. The second-order valence-electron chi connectivity index (χ2n) is 11.5. The van der Waals surface area contributed by atoms with Crippen LogP contribution in [0.1, 0.15) is 70.3 Å². The summed E-state index contributed by atoms with van der Waals surface area (Å²) in [5.74, 6) is 1.68. The largest absolute Gasteiger partial charge is 0.444 e. The van der Waals surface area contributed by atoms with E-state index in [0.29, 0.717) is 24.8 Å². The summed E-state index contributed by atoms with van der Waals surface area (Å²) in [5, 5.41) is 3.48. The van der Waals surface area contributed by atoms with E-state index in [1.165, 1.54) is 6.42 Å². The molecule has 39 heavy (non-hydrogen) atoms. The molecule has 9 heteroatoms. The predicted octanol–water partition coefficient (Wildman–Crippen LogP) is 5.54. The molecule has 9 nitrogen and oxygen atoms in total. The second kappa shape index (κ2) is 10.4. The molecule has 3 aromatic rings. The van der Waals surface area contributed by atoms with Gasteiger partial charge in [-0.05, 0) is 64.1 Å². The number of hydrogen-bond donors (Lipinski definition) is 2. The number of nitrogens with one attached hydrogen (secondary N) is 2. The first-order valence-electron chi connectivity index (χ1n) is 13.8. The maximum absolute atomic E-state index is 12.7. The Hall–Kier alpha value is -3.85. The lowest BCUT2D eigenvalue weighted by Gasteiger charge is -2.28. The van der Waals surface area contributed by atoms with Gasteiger partial charge in [-0.2, -0.15) is 0 Å². The zero-order valence-corrected chi connectivity index (χ0v) is 22.8. The molecule has 2 atom stereocenters. The molecule has 1 aromatic carbocycles. The van der Waals surface area contributed by atoms with Gasteiger partial charge in [0.05, 0.1) is 24.0 Å². The number of aromatic amines is 1. The van der Waals surface area contributed by atoms with E-state index in [-0.39, 0.29) is 12.1 Å². The van der Waals surface area contributed by atoms with Crippen molar-refractivity contribution in [2.45, 2.75) is 70.6 Å². The molecule has 0 radical (unpaired) electrons. The first-order chi connectivity index (χ1) is 18.8. The normalized spacial score (nSPS) is 21.3. The van der Waals surface area contributed by atoms with Gasteiger partial charge in [-0.15, -0.1) is 0 Å². The fraction of sp³-hybridized carbons (Fsp3) is 0.433. The molecule has 2 aromatic heterocycles. The molecule has 6 rings (SSSR count). The molecule has 2 N–H and O–H groups in total. The molecule has 0 unspecified atom stereocenters. The molecule has 0 bridgehead atoms. The van der Waals surface area contributed by atoms with Crippen LogP contribution in [-0.2, 0) is 4.74 Å². The van der Waals surface area contributed by atoms with Gasteiger partial charge >= 0.3 is 6.09 Å². The van der Waals surface area contributed by atoms with Crippen molar-refractivity contribution in [3.63, 3.8) is 0 Å². The number of hydrogen-bond acceptors (Lipinski definition) is 7. The second-order valence-corrected chi connectivity index (χ2v) is 11.5. The molecule has 5 heterocycles. The Balaban J connectivity index is 1.09. The smallest absolute Gasteiger partial charge is 0.410 e. The zero-order valence-electron chi connectivity index (χ0n) is 22.8. The van der Waals surface area contributed by atoms with Crippen LogP contribution in [0.3, 0.4) is 0 Å². The lowest BCUT2D eigenvalue weighted by atomic mass is 10.0. The molecule has 0 saturated carbocycles. The summed E-state index contributed by atoms with van der Waals surface area (Å²) in [6.45, 7) is 7.43. The van der Waals surface area contributed by atoms with E-state index >= 15 is 0 Å². The maximum atomic E-state index is 12.7. The fourth-order valence-electron chi connectivity index (χ4n) is 5.50. The van der Waals surface area contributed by atoms with E-state index in [1.54, 1.807) is 0 Å². The number of carbonyl (C=O) groups is 1. The Bertz CT molecular complexity index is 1390. The van der Waals surface area contributed by atoms with Gasteiger partial charge in [-0.1, -0.05) is 24.3 Å². The number of benzene rings is 1. The lowest BCUT2D eigenvalue weighted by molar-refractivity contribution is 0.0265. The van der Waals surface area contributed by atoms with Crippen LogP contribution in [0.5, 0.6) is 0 Å². The number of H-pyrrole nitrogens is 1. The predicted molar refractivity (Wildman–Crippen MR) is 151 cm³/mol. The van der Waals surface area contributed by atoms with Gasteiger partial charge in [0, 0.05) is 48.4 Å². The third-order valence-corrected chi connectivity index (χ3v) is 7.49. The maximum Gasteiger partial charge on any atom is 0.410 e. The monoisotopic (exact) mass is 525 g/mol. The summed E-state index contributed by atoms with van der Waals surface area (Å²) in [5.41, 5.74) is 5.55. The van der Waals surface area contributed by atoms with Crippen molar-refractivity contribution in [2.24, 2.45) is 4.99 Å². The molecule has 2 fully saturated rings. The Morgan fingerprint density at radius 2 is 1.74 bits per heavy atom. The van der Waals surface area contributed by atoms with Crippen LogP contribution in [0.4, 0.5) is 4.79 Å². The van der Waals surface area contributed by atoms with Crippen molar-refractivity contribution in [1.29, 1.82) is 0 Å². The van der Waals surface area contributed by atoms with Crippen LogP contribution in [-0.4, -0.2) is 61.4 Å². The van der Waals surface area contributed by atoms with Crippen LogP contribution in [0.15, 0.2) is 54.0 Å². The highest BCUT2D eigenvalue weighted by atomic mass is 16.6. The van der Waals surface area contributed by atoms with E-state index in [9.17, 15) is 4.79 Å². The Labute approximate surface area is 228 Å². The number of ether oxygens (including phenoxy) is 1. The van der Waals surface area contributed by atoms with Gasteiger partial charge < -0.3 is 15.0 Å². The Kier molecular flexibility index (Phi) is 6.76. The minimum atomic E-state index is -0.514. The van der Waals surface area contributed by atoms with Crippen molar-refractivity contribution in [2.75, 3.05) is 13.1 Å². The minimum absolute atomic E-state index is 0.0207. The minimum Gasteiger partial charge on any atom is -0.444 e. The highest BCUT2D eigenvalue weighted by Crippen LogP contribution is 2.31. The quantitative estimate of drug-likeness (QED) is 0.453. The van der Waals surface area contributed by atoms with Gasteiger partial charge in [0.25, 0.3) is 0 Å². The third-order valence-electron chi connectivity index (χ3n) is 7.49. The van der Waals surface area contributed by atoms with Crippen LogP contribution in [0.2, 0.25) is 0 Å². The van der Waals surface area contributed by atoms with Crippen molar-refractivity contribution >= 4 is 17.4 Å². The van der Waals surface area contributed by atoms with Crippen LogP contribution < -0.4 is 5.32 Å². The van der Waals surface area contributed by atoms with Crippen molar-refractivity contribution in [1.82, 2.24) is 30.2 Å². The first-order valence-corrected chi connectivity index (χ1v) is 13.8. The number of nitrogens with zero attached hydrogens (tertiary/aromatic N) is 5.